The molecule has 0 atom stereocenters. The summed E-state index contributed by atoms with van der Waals surface area (Å²) < 4.78 is 0. The molecule has 0 radical (unpaired) electrons. The van der Waals surface area contributed by atoms with Gasteiger partial charge in [0.2, 0.25) is 0 Å². The molecular weight excluding hydrogens is 238 g/mol. The van der Waals surface area contributed by atoms with E-state index in [1.165, 1.54) is 0 Å². The quantitative estimate of drug-likeness (QED) is 0.905. The van der Waals surface area contributed by atoms with Gasteiger partial charge in [0.1, 0.15) is 0 Å². The van der Waals surface area contributed by atoms with Crippen LogP contribution in [0.5, 0.6) is 0 Å². The van der Waals surface area contributed by atoms with Crippen molar-refractivity contribution in [1.82, 2.24) is 4.90 Å². The monoisotopic (exact) mass is 261 g/mol. The van der Waals surface area contributed by atoms with Crippen molar-refractivity contribution in [2.75, 3.05) is 13.7 Å². The summed E-state index contributed by atoms with van der Waals surface area (Å²) in [5.41, 5.74) is 0.766. The van der Waals surface area contributed by atoms with E-state index in [0.29, 0.717) is 12.0 Å². The van der Waals surface area contributed by atoms with Gasteiger partial charge in [-0.15, -0.1) is 0 Å². The van der Waals surface area contributed by atoms with Gasteiger partial charge in [-0.1, -0.05) is 18.2 Å². The largest absolute Gasteiger partial charge is 0.396 e. The van der Waals surface area contributed by atoms with Crippen LogP contribution in [-0.2, 0) is 0 Å². The molecule has 3 nitrogen and oxygen atoms in total. The van der Waals surface area contributed by atoms with Crippen molar-refractivity contribution in [3.63, 3.8) is 0 Å². The van der Waals surface area contributed by atoms with E-state index in [0.717, 1.165) is 37.7 Å². The highest BCUT2D eigenvalue weighted by molar-refractivity contribution is 5.94. The number of rotatable bonds is 4. The Kier molecular flexibility index (Phi) is 4.97. The smallest absolute Gasteiger partial charge is 0.253 e. The minimum Gasteiger partial charge on any atom is -0.396 e. The molecular formula is C16H23NO2. The van der Waals surface area contributed by atoms with Crippen molar-refractivity contribution in [2.24, 2.45) is 5.92 Å². The maximum Gasteiger partial charge on any atom is 0.253 e. The summed E-state index contributed by atoms with van der Waals surface area (Å²) in [6.45, 7) is 0.286. The van der Waals surface area contributed by atoms with Crippen LogP contribution in [0, 0.1) is 5.92 Å². The van der Waals surface area contributed by atoms with Gasteiger partial charge in [0.05, 0.1) is 0 Å². The fourth-order valence-corrected chi connectivity index (χ4v) is 2.95. The molecule has 1 aromatic carbocycles. The molecule has 1 aliphatic rings. The third-order valence-electron chi connectivity index (χ3n) is 4.24. The van der Waals surface area contributed by atoms with Crippen LogP contribution < -0.4 is 0 Å². The average Bonchev–Trinajstić information content (AvgIpc) is 2.48. The second-order valence-corrected chi connectivity index (χ2v) is 5.47. The molecule has 0 spiro atoms. The third kappa shape index (κ3) is 3.57. The SMILES string of the molecule is CN(C(=O)c1ccccc1)C1CCC(CCO)CC1. The van der Waals surface area contributed by atoms with Crippen LogP contribution in [0.2, 0.25) is 0 Å². The summed E-state index contributed by atoms with van der Waals surface area (Å²) in [5.74, 6) is 0.757. The van der Waals surface area contributed by atoms with Gasteiger partial charge in [-0.05, 0) is 50.2 Å². The van der Waals surface area contributed by atoms with E-state index in [1.54, 1.807) is 0 Å². The number of carbonyl (C=O) groups excluding carboxylic acids is 1. The predicted octanol–water partition coefficient (Wildman–Crippen LogP) is 2.70. The summed E-state index contributed by atoms with van der Waals surface area (Å²) in [6, 6.07) is 9.82. The van der Waals surface area contributed by atoms with Gasteiger partial charge in [-0.2, -0.15) is 0 Å². The Morgan fingerprint density at radius 1 is 1.21 bits per heavy atom. The van der Waals surface area contributed by atoms with Gasteiger partial charge in [0, 0.05) is 25.3 Å². The van der Waals surface area contributed by atoms with E-state index in [9.17, 15) is 4.79 Å². The lowest BCUT2D eigenvalue weighted by Gasteiger charge is -2.34. The average molecular weight is 261 g/mol. The van der Waals surface area contributed by atoms with Crippen LogP contribution in [0.3, 0.4) is 0 Å². The highest BCUT2D eigenvalue weighted by atomic mass is 16.3. The molecule has 19 heavy (non-hydrogen) atoms. The topological polar surface area (TPSA) is 40.5 Å². The lowest BCUT2D eigenvalue weighted by molar-refractivity contribution is 0.0667. The number of carbonyl (C=O) groups is 1. The lowest BCUT2D eigenvalue weighted by Crippen LogP contribution is -2.39. The van der Waals surface area contributed by atoms with Crippen molar-refractivity contribution in [2.45, 2.75) is 38.1 Å². The molecule has 0 aliphatic heterocycles. The number of benzene rings is 1. The summed E-state index contributed by atoms with van der Waals surface area (Å²) in [7, 11) is 1.91. The lowest BCUT2D eigenvalue weighted by atomic mass is 9.83. The first-order valence-corrected chi connectivity index (χ1v) is 7.15. The molecule has 1 aliphatic carbocycles. The van der Waals surface area contributed by atoms with E-state index in [4.69, 9.17) is 5.11 Å². The first-order chi connectivity index (χ1) is 9.22. The zero-order valence-corrected chi connectivity index (χ0v) is 11.6. The van der Waals surface area contributed by atoms with Gasteiger partial charge in [0.25, 0.3) is 5.91 Å². The zero-order chi connectivity index (χ0) is 13.7. The Balaban J connectivity index is 1.91. The normalized spacial score (nSPS) is 23.1. The van der Waals surface area contributed by atoms with Gasteiger partial charge in [0.15, 0.2) is 0 Å². The molecule has 1 amide bonds. The molecule has 0 unspecified atom stereocenters. The van der Waals surface area contributed by atoms with Crippen LogP contribution in [0.4, 0.5) is 0 Å². The molecule has 0 aromatic heterocycles. The van der Waals surface area contributed by atoms with Crippen LogP contribution >= 0.6 is 0 Å². The molecule has 104 valence electrons. The van der Waals surface area contributed by atoms with Crippen molar-refractivity contribution in [1.29, 1.82) is 0 Å². The standard InChI is InChI=1S/C16H23NO2/c1-17(16(19)14-5-3-2-4-6-14)15-9-7-13(8-10-15)11-12-18/h2-6,13,15,18H,7-12H2,1H3. The van der Waals surface area contributed by atoms with E-state index in [-0.39, 0.29) is 12.5 Å². The van der Waals surface area contributed by atoms with E-state index in [2.05, 4.69) is 0 Å². The van der Waals surface area contributed by atoms with Crippen LogP contribution in [0.25, 0.3) is 0 Å². The van der Waals surface area contributed by atoms with Gasteiger partial charge < -0.3 is 10.0 Å². The number of hydrogen-bond donors (Lipinski definition) is 1. The van der Waals surface area contributed by atoms with Crippen LogP contribution in [0.1, 0.15) is 42.5 Å². The van der Waals surface area contributed by atoms with Gasteiger partial charge in [-0.3, -0.25) is 4.79 Å². The highest BCUT2D eigenvalue weighted by Crippen LogP contribution is 2.29. The highest BCUT2D eigenvalue weighted by Gasteiger charge is 2.26. The van der Waals surface area contributed by atoms with Crippen LogP contribution in [0.15, 0.2) is 30.3 Å². The first-order valence-electron chi connectivity index (χ1n) is 7.15. The number of hydrogen-bond acceptors (Lipinski definition) is 2. The number of amides is 1. The van der Waals surface area contributed by atoms with Crippen molar-refractivity contribution >= 4 is 5.91 Å². The number of aliphatic hydroxyl groups excluding tert-OH is 1. The Hall–Kier alpha value is -1.35. The molecule has 0 heterocycles. The maximum atomic E-state index is 12.3. The molecule has 3 heteroatoms. The van der Waals surface area contributed by atoms with Crippen LogP contribution in [-0.4, -0.2) is 35.6 Å². The van der Waals surface area contributed by atoms with Crippen molar-refractivity contribution < 1.29 is 9.90 Å². The van der Waals surface area contributed by atoms with Gasteiger partial charge in [-0.25, -0.2) is 0 Å². The minimum atomic E-state index is 0.117. The van der Waals surface area contributed by atoms with E-state index < -0.39 is 0 Å². The molecule has 1 fully saturated rings. The molecule has 0 saturated heterocycles. The Morgan fingerprint density at radius 3 is 2.42 bits per heavy atom. The maximum absolute atomic E-state index is 12.3. The second kappa shape index (κ2) is 6.71. The molecule has 0 bridgehead atoms. The molecule has 1 N–H and O–H groups in total. The molecule has 1 saturated carbocycles. The Labute approximate surface area is 115 Å². The second-order valence-electron chi connectivity index (χ2n) is 5.47. The molecule has 2 rings (SSSR count). The summed E-state index contributed by atoms with van der Waals surface area (Å²) in [6.07, 6.45) is 5.26. The Bertz CT molecular complexity index is 396. The summed E-state index contributed by atoms with van der Waals surface area (Å²) >= 11 is 0. The fraction of sp³-hybridized carbons (Fsp3) is 0.562. The fourth-order valence-electron chi connectivity index (χ4n) is 2.95. The minimum absolute atomic E-state index is 0.117. The van der Waals surface area contributed by atoms with E-state index in [1.807, 2.05) is 42.3 Å². The van der Waals surface area contributed by atoms with Crippen molar-refractivity contribution in [3.8, 4) is 0 Å². The third-order valence-corrected chi connectivity index (χ3v) is 4.24. The Morgan fingerprint density at radius 2 is 1.84 bits per heavy atom. The summed E-state index contributed by atoms with van der Waals surface area (Å²) in [4.78, 5) is 14.2. The summed E-state index contributed by atoms with van der Waals surface area (Å²) in [5, 5.41) is 8.97. The van der Waals surface area contributed by atoms with Crippen molar-refractivity contribution in [3.05, 3.63) is 35.9 Å². The first kappa shape index (κ1) is 14.1. The predicted molar refractivity (Wildman–Crippen MR) is 76.0 cm³/mol. The number of nitrogens with zero attached hydrogens (tertiary/aromatic N) is 1. The molecule has 1 aromatic rings. The van der Waals surface area contributed by atoms with Gasteiger partial charge >= 0.3 is 0 Å². The van der Waals surface area contributed by atoms with E-state index >= 15 is 0 Å². The zero-order valence-electron chi connectivity index (χ0n) is 11.6. The number of aliphatic hydroxyl groups is 1.